The van der Waals surface area contributed by atoms with Crippen molar-refractivity contribution in [3.63, 3.8) is 0 Å². The third kappa shape index (κ3) is 2.86. The van der Waals surface area contributed by atoms with Crippen molar-refractivity contribution in [1.29, 1.82) is 0 Å². The SMILES string of the molecule is Cc1ccc(-c2ccc(C(=O)OC3C[C@H]4CC[C@@H](C3)N4C)o2)cc1. The van der Waals surface area contributed by atoms with Crippen LogP contribution >= 0.6 is 0 Å². The van der Waals surface area contributed by atoms with E-state index >= 15 is 0 Å². The average Bonchev–Trinajstić information content (AvgIpc) is 3.12. The Labute approximate surface area is 142 Å². The molecule has 0 radical (unpaired) electrons. The fraction of sp³-hybridized carbons (Fsp3) is 0.450. The first kappa shape index (κ1) is 15.5. The van der Waals surface area contributed by atoms with Gasteiger partial charge in [-0.1, -0.05) is 29.8 Å². The van der Waals surface area contributed by atoms with Gasteiger partial charge in [-0.2, -0.15) is 0 Å². The van der Waals surface area contributed by atoms with E-state index in [4.69, 9.17) is 9.15 Å². The van der Waals surface area contributed by atoms with Gasteiger partial charge in [-0.3, -0.25) is 0 Å². The summed E-state index contributed by atoms with van der Waals surface area (Å²) in [6.07, 6.45) is 4.31. The summed E-state index contributed by atoms with van der Waals surface area (Å²) < 4.78 is 11.4. The second kappa shape index (κ2) is 6.10. The Morgan fingerprint density at radius 2 is 1.75 bits per heavy atom. The van der Waals surface area contributed by atoms with Gasteiger partial charge in [0.1, 0.15) is 11.9 Å². The van der Waals surface area contributed by atoms with Gasteiger partial charge in [0, 0.05) is 30.5 Å². The Kier molecular flexibility index (Phi) is 3.93. The number of hydrogen-bond acceptors (Lipinski definition) is 4. The molecule has 4 heteroatoms. The van der Waals surface area contributed by atoms with Crippen molar-refractivity contribution in [2.45, 2.75) is 50.8 Å². The van der Waals surface area contributed by atoms with Gasteiger partial charge in [-0.25, -0.2) is 4.79 Å². The standard InChI is InChI=1S/C20H23NO3/c1-13-3-5-14(6-4-13)18-9-10-19(24-18)20(22)23-17-11-15-7-8-16(12-17)21(15)2/h3-6,9-10,15-17H,7-8,11-12H2,1-2H3/t15-,16+,17?. The van der Waals surface area contributed by atoms with Gasteiger partial charge in [0.2, 0.25) is 5.76 Å². The highest BCUT2D eigenvalue weighted by atomic mass is 16.6. The molecular weight excluding hydrogens is 302 g/mol. The fourth-order valence-electron chi connectivity index (χ4n) is 3.99. The van der Waals surface area contributed by atoms with Crippen LogP contribution in [0.25, 0.3) is 11.3 Å². The van der Waals surface area contributed by atoms with Crippen LogP contribution in [0.4, 0.5) is 0 Å². The number of esters is 1. The van der Waals surface area contributed by atoms with Crippen molar-refractivity contribution in [2.75, 3.05) is 7.05 Å². The van der Waals surface area contributed by atoms with E-state index in [-0.39, 0.29) is 17.8 Å². The summed E-state index contributed by atoms with van der Waals surface area (Å²) in [7, 11) is 2.18. The summed E-state index contributed by atoms with van der Waals surface area (Å²) in [5.74, 6) is 0.643. The molecule has 3 atom stereocenters. The highest BCUT2D eigenvalue weighted by Crippen LogP contribution is 2.35. The molecule has 24 heavy (non-hydrogen) atoms. The molecule has 2 aliphatic rings. The number of piperidine rings is 1. The Balaban J connectivity index is 1.43. The maximum Gasteiger partial charge on any atom is 0.374 e. The van der Waals surface area contributed by atoms with E-state index in [9.17, 15) is 4.79 Å². The van der Waals surface area contributed by atoms with Gasteiger partial charge in [0.15, 0.2) is 0 Å². The number of carbonyl (C=O) groups is 1. The van der Waals surface area contributed by atoms with E-state index in [1.165, 1.54) is 18.4 Å². The number of ether oxygens (including phenoxy) is 1. The van der Waals surface area contributed by atoms with Crippen molar-refractivity contribution in [3.8, 4) is 11.3 Å². The lowest BCUT2D eigenvalue weighted by atomic mass is 10.0. The van der Waals surface area contributed by atoms with Crippen LogP contribution in [-0.2, 0) is 4.74 Å². The molecule has 4 rings (SSSR count). The normalized spacial score (nSPS) is 26.5. The van der Waals surface area contributed by atoms with Gasteiger partial charge in [0.25, 0.3) is 0 Å². The number of hydrogen-bond donors (Lipinski definition) is 0. The van der Waals surface area contributed by atoms with Crippen molar-refractivity contribution < 1.29 is 13.9 Å². The quantitative estimate of drug-likeness (QED) is 0.799. The molecule has 3 heterocycles. The van der Waals surface area contributed by atoms with E-state index in [2.05, 4.69) is 11.9 Å². The minimum absolute atomic E-state index is 0.0131. The number of rotatable bonds is 3. The number of fused-ring (bicyclic) bond motifs is 2. The van der Waals surface area contributed by atoms with Crippen LogP contribution < -0.4 is 0 Å². The Morgan fingerprint density at radius 1 is 1.08 bits per heavy atom. The Bertz CT molecular complexity index is 720. The highest BCUT2D eigenvalue weighted by Gasteiger charge is 2.40. The second-order valence-electron chi connectivity index (χ2n) is 7.08. The number of carbonyl (C=O) groups excluding carboxylic acids is 1. The third-order valence-corrected chi connectivity index (χ3v) is 5.47. The molecule has 0 spiro atoms. The highest BCUT2D eigenvalue weighted by molar-refractivity contribution is 5.87. The molecule has 0 amide bonds. The zero-order valence-corrected chi connectivity index (χ0v) is 14.2. The molecule has 0 aliphatic carbocycles. The minimum atomic E-state index is -0.345. The fourth-order valence-corrected chi connectivity index (χ4v) is 3.99. The molecule has 2 fully saturated rings. The van der Waals surface area contributed by atoms with Crippen LogP contribution in [0.1, 0.15) is 41.8 Å². The minimum Gasteiger partial charge on any atom is -0.456 e. The lowest BCUT2D eigenvalue weighted by molar-refractivity contribution is -0.00305. The molecule has 2 bridgehead atoms. The number of furan rings is 1. The summed E-state index contributed by atoms with van der Waals surface area (Å²) in [6.45, 7) is 2.05. The van der Waals surface area contributed by atoms with Crippen LogP contribution in [0, 0.1) is 6.92 Å². The summed E-state index contributed by atoms with van der Waals surface area (Å²) >= 11 is 0. The van der Waals surface area contributed by atoms with E-state index in [1.54, 1.807) is 6.07 Å². The van der Waals surface area contributed by atoms with Gasteiger partial charge < -0.3 is 14.1 Å². The van der Waals surface area contributed by atoms with Crippen molar-refractivity contribution in [1.82, 2.24) is 4.90 Å². The predicted octanol–water partition coefficient (Wildman–Crippen LogP) is 4.04. The molecule has 2 aromatic rings. The molecule has 1 aromatic carbocycles. The maximum atomic E-state index is 12.4. The lowest BCUT2D eigenvalue weighted by Crippen LogP contribution is -2.43. The van der Waals surface area contributed by atoms with Gasteiger partial charge in [0.05, 0.1) is 0 Å². The summed E-state index contributed by atoms with van der Waals surface area (Å²) in [4.78, 5) is 14.8. The van der Waals surface area contributed by atoms with E-state index in [0.717, 1.165) is 18.4 Å². The zero-order valence-electron chi connectivity index (χ0n) is 14.2. The number of aryl methyl sites for hydroxylation is 1. The van der Waals surface area contributed by atoms with Crippen LogP contribution in [0.3, 0.4) is 0 Å². The molecular formula is C20H23NO3. The molecule has 4 nitrogen and oxygen atoms in total. The largest absolute Gasteiger partial charge is 0.456 e. The summed E-state index contributed by atoms with van der Waals surface area (Å²) in [5, 5.41) is 0. The van der Waals surface area contributed by atoms with E-state index < -0.39 is 0 Å². The molecule has 1 unspecified atom stereocenters. The summed E-state index contributed by atoms with van der Waals surface area (Å²) in [6, 6.07) is 12.7. The van der Waals surface area contributed by atoms with Crippen molar-refractivity contribution >= 4 is 5.97 Å². The molecule has 2 aliphatic heterocycles. The van der Waals surface area contributed by atoms with Gasteiger partial charge in [-0.05, 0) is 38.9 Å². The Morgan fingerprint density at radius 3 is 2.42 bits per heavy atom. The zero-order chi connectivity index (χ0) is 16.7. The number of benzene rings is 1. The van der Waals surface area contributed by atoms with Gasteiger partial charge in [-0.15, -0.1) is 0 Å². The predicted molar refractivity (Wildman–Crippen MR) is 91.9 cm³/mol. The smallest absolute Gasteiger partial charge is 0.374 e. The average molecular weight is 325 g/mol. The second-order valence-corrected chi connectivity index (χ2v) is 7.08. The first-order chi connectivity index (χ1) is 11.6. The molecule has 1 aromatic heterocycles. The van der Waals surface area contributed by atoms with Crippen molar-refractivity contribution in [2.24, 2.45) is 0 Å². The molecule has 0 saturated carbocycles. The van der Waals surface area contributed by atoms with E-state index in [1.807, 2.05) is 37.3 Å². The first-order valence-electron chi connectivity index (χ1n) is 8.70. The number of nitrogens with zero attached hydrogens (tertiary/aromatic N) is 1. The lowest BCUT2D eigenvalue weighted by Gasteiger charge is -2.35. The third-order valence-electron chi connectivity index (χ3n) is 5.47. The summed E-state index contributed by atoms with van der Waals surface area (Å²) in [5.41, 5.74) is 2.17. The van der Waals surface area contributed by atoms with Crippen LogP contribution in [0.2, 0.25) is 0 Å². The van der Waals surface area contributed by atoms with Crippen molar-refractivity contribution in [3.05, 3.63) is 47.7 Å². The molecule has 0 N–H and O–H groups in total. The monoisotopic (exact) mass is 325 g/mol. The van der Waals surface area contributed by atoms with Gasteiger partial charge >= 0.3 is 5.97 Å². The topological polar surface area (TPSA) is 42.7 Å². The Hall–Kier alpha value is -2.07. The van der Waals surface area contributed by atoms with Crippen LogP contribution in [0.15, 0.2) is 40.8 Å². The van der Waals surface area contributed by atoms with Crippen LogP contribution in [0.5, 0.6) is 0 Å². The van der Waals surface area contributed by atoms with E-state index in [0.29, 0.717) is 17.8 Å². The maximum absolute atomic E-state index is 12.4. The van der Waals surface area contributed by atoms with Crippen LogP contribution in [-0.4, -0.2) is 36.1 Å². The molecule has 126 valence electrons. The first-order valence-corrected chi connectivity index (χ1v) is 8.70. The molecule has 2 saturated heterocycles.